The van der Waals surface area contributed by atoms with Crippen molar-refractivity contribution in [1.82, 2.24) is 15.0 Å². The third-order valence-corrected chi connectivity index (χ3v) is 3.92. The average Bonchev–Trinajstić information content (AvgIpc) is 2.44. The number of aryl methyl sites for hydroxylation is 4. The molecule has 0 spiro atoms. The molecule has 0 amide bonds. The van der Waals surface area contributed by atoms with E-state index in [-0.39, 0.29) is 0 Å². The third-order valence-electron chi connectivity index (χ3n) is 3.57. The lowest BCUT2D eigenvalue weighted by atomic mass is 10.1. The topological polar surface area (TPSA) is 38.7 Å². The Balaban J connectivity index is 2.16. The lowest BCUT2D eigenvalue weighted by Gasteiger charge is -2.08. The van der Waals surface area contributed by atoms with Crippen LogP contribution in [0.1, 0.15) is 22.3 Å². The van der Waals surface area contributed by atoms with E-state index in [4.69, 9.17) is 0 Å². The molecule has 0 radical (unpaired) electrons. The highest BCUT2D eigenvalue weighted by atomic mass is 79.9. The molecule has 0 saturated carbocycles. The molecular weight excluding hydrogens is 350 g/mol. The maximum atomic E-state index is 4.69. The van der Waals surface area contributed by atoms with Crippen molar-refractivity contribution in [2.45, 2.75) is 27.7 Å². The maximum Gasteiger partial charge on any atom is 0.200 e. The molecule has 0 fully saturated rings. The molecule has 0 atom stereocenters. The number of rotatable bonds is 2. The number of halogens is 1. The summed E-state index contributed by atoms with van der Waals surface area (Å²) >= 11 is 3.42. The van der Waals surface area contributed by atoms with Gasteiger partial charge in [-0.1, -0.05) is 34.4 Å². The largest absolute Gasteiger partial charge is 0.208 e. The second kappa shape index (κ2) is 6.20. The Morgan fingerprint density at radius 3 is 1.26 bits per heavy atom. The predicted octanol–water partition coefficient (Wildman–Crippen LogP) is 5.20. The highest BCUT2D eigenvalue weighted by molar-refractivity contribution is 9.10. The van der Waals surface area contributed by atoms with E-state index in [9.17, 15) is 0 Å². The number of hydrogen-bond acceptors (Lipinski definition) is 3. The molecule has 3 aromatic rings. The van der Waals surface area contributed by atoms with Gasteiger partial charge in [0.2, 0.25) is 4.73 Å². The smallest absolute Gasteiger partial charge is 0.200 e. The van der Waals surface area contributed by atoms with Gasteiger partial charge in [-0.25, -0.2) is 15.0 Å². The van der Waals surface area contributed by atoms with Gasteiger partial charge in [0.1, 0.15) is 0 Å². The Hall–Kier alpha value is -2.07. The van der Waals surface area contributed by atoms with Gasteiger partial charge in [0.15, 0.2) is 11.6 Å². The summed E-state index contributed by atoms with van der Waals surface area (Å²) < 4.78 is 0.552. The molecule has 1 aromatic heterocycles. The quantitative estimate of drug-likeness (QED) is 0.624. The summed E-state index contributed by atoms with van der Waals surface area (Å²) in [5.74, 6) is 1.38. The Labute approximate surface area is 145 Å². The molecule has 1 heterocycles. The molecule has 116 valence electrons. The van der Waals surface area contributed by atoms with Crippen LogP contribution in [0.3, 0.4) is 0 Å². The molecule has 0 unspecified atom stereocenters. The minimum absolute atomic E-state index is 0.552. The molecule has 2 aromatic carbocycles. The molecule has 4 heteroatoms. The summed E-state index contributed by atoms with van der Waals surface area (Å²) in [4.78, 5) is 13.6. The lowest BCUT2D eigenvalue weighted by molar-refractivity contribution is 1.03. The molecule has 0 bridgehead atoms. The summed E-state index contributed by atoms with van der Waals surface area (Å²) in [5, 5.41) is 0. The molecule has 0 aliphatic heterocycles. The first kappa shape index (κ1) is 15.8. The zero-order chi connectivity index (χ0) is 16.6. The minimum Gasteiger partial charge on any atom is -0.208 e. The van der Waals surface area contributed by atoms with Crippen molar-refractivity contribution in [2.24, 2.45) is 0 Å². The van der Waals surface area contributed by atoms with Gasteiger partial charge in [0.25, 0.3) is 0 Å². The first-order valence-electron chi connectivity index (χ1n) is 7.49. The van der Waals surface area contributed by atoms with Gasteiger partial charge in [-0.05, 0) is 67.9 Å². The van der Waals surface area contributed by atoms with Crippen molar-refractivity contribution < 1.29 is 0 Å². The van der Waals surface area contributed by atoms with Crippen molar-refractivity contribution in [3.8, 4) is 22.8 Å². The van der Waals surface area contributed by atoms with E-state index >= 15 is 0 Å². The fourth-order valence-corrected chi connectivity index (χ4v) is 3.15. The van der Waals surface area contributed by atoms with Crippen LogP contribution in [0.25, 0.3) is 22.8 Å². The Morgan fingerprint density at radius 1 is 0.565 bits per heavy atom. The lowest BCUT2D eigenvalue weighted by Crippen LogP contribution is -1.98. The first-order valence-corrected chi connectivity index (χ1v) is 8.29. The molecule has 3 nitrogen and oxygen atoms in total. The number of hydrogen-bond donors (Lipinski definition) is 0. The highest BCUT2D eigenvalue weighted by Gasteiger charge is 2.10. The fourth-order valence-electron chi connectivity index (χ4n) is 2.82. The van der Waals surface area contributed by atoms with Crippen molar-refractivity contribution in [1.29, 1.82) is 0 Å². The van der Waals surface area contributed by atoms with Gasteiger partial charge >= 0.3 is 0 Å². The Morgan fingerprint density at radius 2 is 0.913 bits per heavy atom. The third kappa shape index (κ3) is 3.64. The number of nitrogens with zero attached hydrogens (tertiary/aromatic N) is 3. The zero-order valence-corrected chi connectivity index (χ0v) is 15.3. The van der Waals surface area contributed by atoms with E-state index in [1.807, 2.05) is 0 Å². The van der Waals surface area contributed by atoms with Crippen molar-refractivity contribution in [2.75, 3.05) is 0 Å². The summed E-state index contributed by atoms with van der Waals surface area (Å²) in [6, 6.07) is 12.7. The monoisotopic (exact) mass is 367 g/mol. The van der Waals surface area contributed by atoms with Crippen LogP contribution in [0, 0.1) is 27.7 Å². The molecule has 3 rings (SSSR count). The normalized spacial score (nSPS) is 10.8. The average molecular weight is 368 g/mol. The molecular formula is C19H18BrN3. The van der Waals surface area contributed by atoms with Crippen LogP contribution < -0.4 is 0 Å². The summed E-state index contributed by atoms with van der Waals surface area (Å²) in [6.45, 7) is 8.32. The molecule has 0 saturated heterocycles. The van der Waals surface area contributed by atoms with Gasteiger partial charge in [-0.15, -0.1) is 0 Å². The van der Waals surface area contributed by atoms with Crippen LogP contribution in [0.5, 0.6) is 0 Å². The summed E-state index contributed by atoms with van der Waals surface area (Å²) in [5.41, 5.74) is 6.82. The molecule has 0 N–H and O–H groups in total. The van der Waals surface area contributed by atoms with Gasteiger partial charge in [-0.3, -0.25) is 0 Å². The van der Waals surface area contributed by atoms with Crippen LogP contribution in [-0.4, -0.2) is 15.0 Å². The second-order valence-corrected chi connectivity index (χ2v) is 6.71. The van der Waals surface area contributed by atoms with E-state index in [1.54, 1.807) is 0 Å². The summed E-state index contributed by atoms with van der Waals surface area (Å²) in [7, 11) is 0. The number of benzene rings is 2. The number of aromatic nitrogens is 3. The standard InChI is InChI=1S/C19H18BrN3/c1-11-5-12(2)8-15(7-11)17-21-18(23-19(20)22-17)16-9-13(3)6-14(4)10-16/h5-10H,1-4H3. The SMILES string of the molecule is Cc1cc(C)cc(-c2nc(Br)nc(-c3cc(C)cc(C)c3)n2)c1. The van der Waals surface area contributed by atoms with E-state index < -0.39 is 0 Å². The van der Waals surface area contributed by atoms with Crippen LogP contribution in [-0.2, 0) is 0 Å². The zero-order valence-electron chi connectivity index (χ0n) is 13.7. The Bertz CT molecular complexity index is 778. The molecule has 0 aliphatic rings. The van der Waals surface area contributed by atoms with Gasteiger partial charge in [0, 0.05) is 11.1 Å². The fraction of sp³-hybridized carbons (Fsp3) is 0.211. The highest BCUT2D eigenvalue weighted by Crippen LogP contribution is 2.24. The minimum atomic E-state index is 0.552. The van der Waals surface area contributed by atoms with Gasteiger partial charge in [-0.2, -0.15) is 0 Å². The van der Waals surface area contributed by atoms with E-state index in [0.29, 0.717) is 16.4 Å². The van der Waals surface area contributed by atoms with Crippen molar-refractivity contribution in [3.63, 3.8) is 0 Å². The Kier molecular flexibility index (Phi) is 4.26. The van der Waals surface area contributed by atoms with Crippen LogP contribution >= 0.6 is 15.9 Å². The van der Waals surface area contributed by atoms with Gasteiger partial charge < -0.3 is 0 Å². The van der Waals surface area contributed by atoms with E-state index in [2.05, 4.69) is 95.0 Å². The van der Waals surface area contributed by atoms with E-state index in [0.717, 1.165) is 11.1 Å². The van der Waals surface area contributed by atoms with Crippen molar-refractivity contribution >= 4 is 15.9 Å². The maximum absolute atomic E-state index is 4.69. The van der Waals surface area contributed by atoms with E-state index in [1.165, 1.54) is 22.3 Å². The first-order chi connectivity index (χ1) is 10.9. The second-order valence-electron chi connectivity index (χ2n) is 6.00. The van der Waals surface area contributed by atoms with Crippen LogP contribution in [0.2, 0.25) is 0 Å². The molecule has 0 aliphatic carbocycles. The van der Waals surface area contributed by atoms with Crippen LogP contribution in [0.4, 0.5) is 0 Å². The van der Waals surface area contributed by atoms with Crippen molar-refractivity contribution in [3.05, 3.63) is 63.4 Å². The predicted molar refractivity (Wildman–Crippen MR) is 97.3 cm³/mol. The molecule has 23 heavy (non-hydrogen) atoms. The summed E-state index contributed by atoms with van der Waals surface area (Å²) in [6.07, 6.45) is 0. The van der Waals surface area contributed by atoms with Crippen LogP contribution in [0.15, 0.2) is 41.1 Å². The van der Waals surface area contributed by atoms with Gasteiger partial charge in [0.05, 0.1) is 0 Å².